The van der Waals surface area contributed by atoms with E-state index in [-0.39, 0.29) is 5.92 Å². The third-order valence-corrected chi connectivity index (χ3v) is 2.70. The van der Waals surface area contributed by atoms with E-state index in [2.05, 4.69) is 10.3 Å². The Morgan fingerprint density at radius 2 is 2.41 bits per heavy atom. The Bertz CT molecular complexity index is 440. The Balaban J connectivity index is 2.94. The summed E-state index contributed by atoms with van der Waals surface area (Å²) < 4.78 is 0. The molecule has 0 saturated carbocycles. The maximum absolute atomic E-state index is 11.1. The lowest BCUT2D eigenvalue weighted by Crippen LogP contribution is -2.35. The van der Waals surface area contributed by atoms with Gasteiger partial charge in [0.25, 0.3) is 0 Å². The molecular formula is C12H15N3O2. The maximum Gasteiger partial charge on any atom is 0.326 e. The zero-order valence-electron chi connectivity index (χ0n) is 9.84. The molecule has 1 rings (SSSR count). The monoisotopic (exact) mass is 233 g/mol. The third-order valence-electron chi connectivity index (χ3n) is 2.70. The van der Waals surface area contributed by atoms with Crippen molar-refractivity contribution in [1.29, 1.82) is 5.26 Å². The van der Waals surface area contributed by atoms with Crippen molar-refractivity contribution >= 4 is 11.8 Å². The molecule has 0 unspecified atom stereocenters. The average Bonchev–Trinajstić information content (AvgIpc) is 2.35. The summed E-state index contributed by atoms with van der Waals surface area (Å²) in [6.07, 6.45) is 2.26. The summed E-state index contributed by atoms with van der Waals surface area (Å²) in [5, 5.41) is 20.8. The predicted octanol–water partition coefficient (Wildman–Crippen LogP) is 1.86. The largest absolute Gasteiger partial charge is 0.480 e. The number of nitriles is 1. The van der Waals surface area contributed by atoms with Gasteiger partial charge in [-0.2, -0.15) is 5.26 Å². The summed E-state index contributed by atoms with van der Waals surface area (Å²) >= 11 is 0. The van der Waals surface area contributed by atoms with Crippen LogP contribution in [-0.2, 0) is 4.79 Å². The van der Waals surface area contributed by atoms with Gasteiger partial charge in [0.15, 0.2) is 0 Å². The first-order chi connectivity index (χ1) is 8.10. The Morgan fingerprint density at radius 1 is 1.71 bits per heavy atom. The number of anilines is 1. The number of carboxylic acid groups (broad SMARTS) is 1. The van der Waals surface area contributed by atoms with E-state index in [0.717, 1.165) is 6.42 Å². The summed E-state index contributed by atoms with van der Waals surface area (Å²) in [5.74, 6) is -0.655. The van der Waals surface area contributed by atoms with E-state index in [4.69, 9.17) is 10.4 Å². The second-order valence-electron chi connectivity index (χ2n) is 3.86. The van der Waals surface area contributed by atoms with Crippen LogP contribution in [0.5, 0.6) is 0 Å². The van der Waals surface area contributed by atoms with Crippen molar-refractivity contribution in [3.05, 3.63) is 23.9 Å². The van der Waals surface area contributed by atoms with Crippen LogP contribution in [0, 0.1) is 17.2 Å². The van der Waals surface area contributed by atoms with Crippen LogP contribution in [0.1, 0.15) is 25.8 Å². The fourth-order valence-electron chi connectivity index (χ4n) is 1.44. The number of aliphatic carboxylic acids is 1. The summed E-state index contributed by atoms with van der Waals surface area (Å²) in [4.78, 5) is 15.1. The van der Waals surface area contributed by atoms with Crippen LogP contribution in [0.2, 0.25) is 0 Å². The Morgan fingerprint density at radius 3 is 2.94 bits per heavy atom. The van der Waals surface area contributed by atoms with Gasteiger partial charge in [0.2, 0.25) is 0 Å². The van der Waals surface area contributed by atoms with Crippen molar-refractivity contribution < 1.29 is 9.90 Å². The second kappa shape index (κ2) is 5.85. The topological polar surface area (TPSA) is 86.0 Å². The van der Waals surface area contributed by atoms with E-state index in [9.17, 15) is 4.79 Å². The molecule has 17 heavy (non-hydrogen) atoms. The van der Waals surface area contributed by atoms with Gasteiger partial charge < -0.3 is 10.4 Å². The number of carboxylic acids is 1. The van der Waals surface area contributed by atoms with E-state index in [1.807, 2.05) is 19.9 Å². The molecule has 1 aromatic rings. The molecule has 0 aliphatic heterocycles. The first kappa shape index (κ1) is 13.0. The van der Waals surface area contributed by atoms with Gasteiger partial charge in [-0.05, 0) is 18.1 Å². The number of carbonyl (C=O) groups is 1. The van der Waals surface area contributed by atoms with E-state index in [1.165, 1.54) is 6.20 Å². The van der Waals surface area contributed by atoms with Crippen LogP contribution in [0.25, 0.3) is 0 Å². The lowest BCUT2D eigenvalue weighted by Gasteiger charge is -2.20. The Hall–Kier alpha value is -2.09. The molecule has 0 radical (unpaired) electrons. The quantitative estimate of drug-likeness (QED) is 0.810. The number of hydrogen-bond donors (Lipinski definition) is 2. The minimum absolute atomic E-state index is 0.0407. The maximum atomic E-state index is 11.1. The van der Waals surface area contributed by atoms with Crippen LogP contribution in [0.15, 0.2) is 18.3 Å². The standard InChI is InChI=1S/C12H15N3O2/c1-3-8(2)10(12(16)17)15-11-9(7-13)5-4-6-14-11/h4-6,8,10H,3H2,1-2H3,(H,14,15)(H,16,17)/t8-,10-/m0/s1. The molecule has 1 aromatic heterocycles. The van der Waals surface area contributed by atoms with Crippen LogP contribution in [0.4, 0.5) is 5.82 Å². The number of rotatable bonds is 5. The predicted molar refractivity (Wildman–Crippen MR) is 63.5 cm³/mol. The van der Waals surface area contributed by atoms with Gasteiger partial charge in [0, 0.05) is 6.20 Å². The fraction of sp³-hybridized carbons (Fsp3) is 0.417. The highest BCUT2D eigenvalue weighted by molar-refractivity contribution is 5.77. The molecule has 0 bridgehead atoms. The molecule has 0 fully saturated rings. The number of nitrogens with zero attached hydrogens (tertiary/aromatic N) is 2. The molecule has 0 aromatic carbocycles. The first-order valence-electron chi connectivity index (χ1n) is 5.44. The molecule has 5 heteroatoms. The zero-order valence-corrected chi connectivity index (χ0v) is 9.84. The molecule has 90 valence electrons. The van der Waals surface area contributed by atoms with Crippen LogP contribution < -0.4 is 5.32 Å². The van der Waals surface area contributed by atoms with Crippen LogP contribution >= 0.6 is 0 Å². The highest BCUT2D eigenvalue weighted by Gasteiger charge is 2.24. The summed E-state index contributed by atoms with van der Waals surface area (Å²) in [7, 11) is 0. The first-order valence-corrected chi connectivity index (χ1v) is 5.44. The van der Waals surface area contributed by atoms with E-state index >= 15 is 0 Å². The molecule has 0 aliphatic carbocycles. The molecule has 0 spiro atoms. The highest BCUT2D eigenvalue weighted by Crippen LogP contribution is 2.16. The highest BCUT2D eigenvalue weighted by atomic mass is 16.4. The van der Waals surface area contributed by atoms with Gasteiger partial charge in [0.05, 0.1) is 5.56 Å². The fourth-order valence-corrected chi connectivity index (χ4v) is 1.44. The van der Waals surface area contributed by atoms with E-state index in [1.54, 1.807) is 12.1 Å². The van der Waals surface area contributed by atoms with Gasteiger partial charge in [-0.3, -0.25) is 0 Å². The molecule has 5 nitrogen and oxygen atoms in total. The minimum Gasteiger partial charge on any atom is -0.480 e. The molecule has 0 aliphatic rings. The molecule has 2 N–H and O–H groups in total. The summed E-state index contributed by atoms with van der Waals surface area (Å²) in [6, 6.07) is 4.49. The van der Waals surface area contributed by atoms with Crippen molar-refractivity contribution in [3.63, 3.8) is 0 Å². The summed E-state index contributed by atoms with van der Waals surface area (Å²) in [6.45, 7) is 3.77. The second-order valence-corrected chi connectivity index (χ2v) is 3.86. The third kappa shape index (κ3) is 3.18. The van der Waals surface area contributed by atoms with Gasteiger partial charge >= 0.3 is 5.97 Å². The number of nitrogens with one attached hydrogen (secondary N) is 1. The van der Waals surface area contributed by atoms with Gasteiger partial charge in [0.1, 0.15) is 17.9 Å². The smallest absolute Gasteiger partial charge is 0.326 e. The van der Waals surface area contributed by atoms with Crippen molar-refractivity contribution in [1.82, 2.24) is 4.98 Å². The number of hydrogen-bond acceptors (Lipinski definition) is 4. The van der Waals surface area contributed by atoms with Crippen LogP contribution in [0.3, 0.4) is 0 Å². The zero-order chi connectivity index (χ0) is 12.8. The van der Waals surface area contributed by atoms with Gasteiger partial charge in [-0.15, -0.1) is 0 Å². The van der Waals surface area contributed by atoms with Gasteiger partial charge in [-0.1, -0.05) is 20.3 Å². The summed E-state index contributed by atoms with van der Waals surface area (Å²) in [5.41, 5.74) is 0.349. The molecule has 0 saturated heterocycles. The average molecular weight is 233 g/mol. The lowest BCUT2D eigenvalue weighted by atomic mass is 9.99. The number of pyridine rings is 1. The molecule has 2 atom stereocenters. The van der Waals surface area contributed by atoms with Crippen molar-refractivity contribution in [3.8, 4) is 6.07 Å². The lowest BCUT2D eigenvalue weighted by molar-refractivity contribution is -0.139. The molecule has 0 amide bonds. The molecule has 1 heterocycles. The van der Waals surface area contributed by atoms with E-state index in [0.29, 0.717) is 11.4 Å². The van der Waals surface area contributed by atoms with E-state index < -0.39 is 12.0 Å². The molecular weight excluding hydrogens is 218 g/mol. The van der Waals surface area contributed by atoms with Gasteiger partial charge in [-0.25, -0.2) is 9.78 Å². The SMILES string of the molecule is CC[C@H](C)[C@H](Nc1ncccc1C#N)C(=O)O. The van der Waals surface area contributed by atoms with Crippen LogP contribution in [-0.4, -0.2) is 22.1 Å². The van der Waals surface area contributed by atoms with Crippen molar-refractivity contribution in [2.75, 3.05) is 5.32 Å². The van der Waals surface area contributed by atoms with Crippen molar-refractivity contribution in [2.45, 2.75) is 26.3 Å². The van der Waals surface area contributed by atoms with Crippen molar-refractivity contribution in [2.24, 2.45) is 5.92 Å². The normalized spacial score (nSPS) is 13.5. The Labute approximate surface area is 100 Å². The number of aromatic nitrogens is 1. The minimum atomic E-state index is -0.936. The Kier molecular flexibility index (Phi) is 4.46.